The van der Waals surface area contributed by atoms with Gasteiger partial charge in [0, 0.05) is 5.69 Å². The highest BCUT2D eigenvalue weighted by molar-refractivity contribution is 7.18. The number of H-pyrrole nitrogens is 2. The maximum atomic E-state index is 12.7. The fraction of sp³-hybridized carbons (Fsp3) is 0.0500. The first-order chi connectivity index (χ1) is 13.9. The van der Waals surface area contributed by atoms with Gasteiger partial charge in [0.25, 0.3) is 11.8 Å². The molecule has 2 aromatic heterocycles. The maximum absolute atomic E-state index is 12.7. The molecule has 0 saturated carbocycles. The number of imidazole rings is 1. The number of anilines is 2. The van der Waals surface area contributed by atoms with Crippen molar-refractivity contribution in [2.45, 2.75) is 6.92 Å². The number of benzene rings is 2. The topological polar surface area (TPSA) is 107 Å². The molecule has 0 aliphatic heterocycles. The van der Waals surface area contributed by atoms with Crippen molar-refractivity contribution in [2.24, 2.45) is 0 Å². The van der Waals surface area contributed by atoms with Crippen molar-refractivity contribution in [1.82, 2.24) is 9.97 Å². The van der Waals surface area contributed by atoms with Crippen molar-refractivity contribution < 1.29 is 9.59 Å². The van der Waals surface area contributed by atoms with Crippen molar-refractivity contribution in [3.63, 3.8) is 0 Å². The van der Waals surface area contributed by atoms with Crippen LogP contribution in [0.3, 0.4) is 0 Å². The minimum atomic E-state index is -0.342. The van der Waals surface area contributed by atoms with Crippen molar-refractivity contribution in [3.05, 3.63) is 80.0 Å². The quantitative estimate of drug-likeness (QED) is 0.389. The molecule has 0 saturated heterocycles. The van der Waals surface area contributed by atoms with E-state index >= 15 is 0 Å². The first-order valence-corrected chi connectivity index (χ1v) is 9.80. The Morgan fingerprint density at radius 1 is 0.966 bits per heavy atom. The minimum Gasteiger partial charge on any atom is -0.321 e. The van der Waals surface area contributed by atoms with Crippen LogP contribution in [-0.2, 0) is 0 Å². The van der Waals surface area contributed by atoms with Crippen LogP contribution in [0.2, 0.25) is 5.02 Å². The van der Waals surface area contributed by atoms with E-state index in [9.17, 15) is 14.4 Å². The Hall–Kier alpha value is -3.36. The summed E-state index contributed by atoms with van der Waals surface area (Å²) in [6.45, 7) is 1.80. The number of fused-ring (bicyclic) bond motifs is 1. The van der Waals surface area contributed by atoms with Crippen LogP contribution in [0, 0.1) is 6.92 Å². The second-order valence-corrected chi connectivity index (χ2v) is 7.81. The molecule has 0 unspecified atom stereocenters. The van der Waals surface area contributed by atoms with E-state index < -0.39 is 0 Å². The van der Waals surface area contributed by atoms with Gasteiger partial charge in [0.05, 0.1) is 31.5 Å². The summed E-state index contributed by atoms with van der Waals surface area (Å²) in [6, 6.07) is 13.6. The van der Waals surface area contributed by atoms with Crippen molar-refractivity contribution >= 4 is 56.5 Å². The average molecular weight is 427 g/mol. The number of hydrogen-bond donors (Lipinski definition) is 4. The molecule has 4 rings (SSSR count). The van der Waals surface area contributed by atoms with E-state index in [1.165, 1.54) is 11.3 Å². The van der Waals surface area contributed by atoms with Gasteiger partial charge in [-0.15, -0.1) is 11.3 Å². The lowest BCUT2D eigenvalue weighted by molar-refractivity contribution is 0.102. The molecular formula is C20H15ClN4O3S. The number of nitrogens with one attached hydrogen (secondary N) is 4. The minimum absolute atomic E-state index is 0.303. The SMILES string of the molecule is Cc1cc(NC(=O)c2ccccc2Cl)sc1C(=O)Nc1ccc2[nH]c(=O)[nH]c2c1. The molecule has 2 amide bonds. The number of aromatic amines is 2. The highest BCUT2D eigenvalue weighted by Crippen LogP contribution is 2.29. The predicted molar refractivity (Wildman–Crippen MR) is 115 cm³/mol. The predicted octanol–water partition coefficient (Wildman–Crippen LogP) is 4.38. The molecule has 0 fully saturated rings. The van der Waals surface area contributed by atoms with Crippen molar-refractivity contribution in [2.75, 3.05) is 10.6 Å². The molecule has 4 N–H and O–H groups in total. The lowest BCUT2D eigenvalue weighted by atomic mass is 10.2. The van der Waals surface area contributed by atoms with Gasteiger partial charge in [0.1, 0.15) is 0 Å². The summed E-state index contributed by atoms with van der Waals surface area (Å²) in [7, 11) is 0. The van der Waals surface area contributed by atoms with Gasteiger partial charge >= 0.3 is 5.69 Å². The zero-order chi connectivity index (χ0) is 20.5. The summed E-state index contributed by atoms with van der Waals surface area (Å²) >= 11 is 7.23. The largest absolute Gasteiger partial charge is 0.323 e. The standard InChI is InChI=1S/C20H15ClN4O3S/c1-10-8-16(25-18(26)12-4-2-3-5-13(12)21)29-17(10)19(27)22-11-6-7-14-15(9-11)24-20(28)23-14/h2-9H,1H3,(H,22,27)(H,25,26)(H2,23,24,28). The number of carbonyl (C=O) groups excluding carboxylic acids is 2. The molecule has 0 aliphatic rings. The Bertz CT molecular complexity index is 1300. The number of hydrogen-bond acceptors (Lipinski definition) is 4. The number of amides is 2. The maximum Gasteiger partial charge on any atom is 0.323 e. The van der Waals surface area contributed by atoms with Gasteiger partial charge in [-0.25, -0.2) is 4.79 Å². The zero-order valence-electron chi connectivity index (χ0n) is 15.1. The molecule has 0 aliphatic carbocycles. The van der Waals surface area contributed by atoms with E-state index in [0.717, 1.165) is 5.56 Å². The molecule has 0 radical (unpaired) electrons. The van der Waals surface area contributed by atoms with Gasteiger partial charge in [0.2, 0.25) is 0 Å². The Balaban J connectivity index is 1.52. The Kier molecular flexibility index (Phi) is 4.96. The van der Waals surface area contributed by atoms with Crippen LogP contribution < -0.4 is 16.3 Å². The van der Waals surface area contributed by atoms with Gasteiger partial charge < -0.3 is 20.6 Å². The van der Waals surface area contributed by atoms with Gasteiger partial charge in [-0.2, -0.15) is 0 Å². The Morgan fingerprint density at radius 2 is 1.72 bits per heavy atom. The van der Waals surface area contributed by atoms with Gasteiger partial charge in [-0.05, 0) is 48.9 Å². The first kappa shape index (κ1) is 19.0. The summed E-state index contributed by atoms with van der Waals surface area (Å²) in [5.41, 5.74) is 2.59. The molecule has 7 nitrogen and oxygen atoms in total. The summed E-state index contributed by atoms with van der Waals surface area (Å²) in [5.74, 6) is -0.645. The average Bonchev–Trinajstić information content (AvgIpc) is 3.22. The molecule has 0 bridgehead atoms. The van der Waals surface area contributed by atoms with Crippen LogP contribution in [0.5, 0.6) is 0 Å². The normalized spacial score (nSPS) is 10.8. The second-order valence-electron chi connectivity index (χ2n) is 6.35. The Morgan fingerprint density at radius 3 is 2.52 bits per heavy atom. The molecule has 0 spiro atoms. The number of carbonyl (C=O) groups is 2. The first-order valence-electron chi connectivity index (χ1n) is 8.60. The van der Waals surface area contributed by atoms with Crippen molar-refractivity contribution in [3.8, 4) is 0 Å². The highest BCUT2D eigenvalue weighted by atomic mass is 35.5. The van der Waals surface area contributed by atoms with E-state index in [2.05, 4.69) is 20.6 Å². The lowest BCUT2D eigenvalue weighted by Gasteiger charge is -2.05. The number of halogens is 1. The van der Waals surface area contributed by atoms with E-state index in [1.807, 2.05) is 0 Å². The third-order valence-electron chi connectivity index (χ3n) is 4.25. The van der Waals surface area contributed by atoms with Gasteiger partial charge in [0.15, 0.2) is 0 Å². The third kappa shape index (κ3) is 3.94. The third-order valence-corrected chi connectivity index (χ3v) is 5.73. The molecule has 29 heavy (non-hydrogen) atoms. The lowest BCUT2D eigenvalue weighted by Crippen LogP contribution is -2.12. The molecule has 4 aromatic rings. The molecule has 2 aromatic carbocycles. The number of aryl methyl sites for hydroxylation is 1. The zero-order valence-corrected chi connectivity index (χ0v) is 16.7. The van der Waals surface area contributed by atoms with Crippen LogP contribution in [0.1, 0.15) is 25.6 Å². The van der Waals surface area contributed by atoms with Crippen LogP contribution in [-0.4, -0.2) is 21.8 Å². The summed E-state index contributed by atoms with van der Waals surface area (Å²) in [5, 5.41) is 6.49. The summed E-state index contributed by atoms with van der Waals surface area (Å²) < 4.78 is 0. The molecule has 0 atom stereocenters. The monoisotopic (exact) mass is 426 g/mol. The van der Waals surface area contributed by atoms with E-state index in [-0.39, 0.29) is 17.5 Å². The molecule has 146 valence electrons. The smallest absolute Gasteiger partial charge is 0.321 e. The summed E-state index contributed by atoms with van der Waals surface area (Å²) in [4.78, 5) is 42.2. The molecule has 2 heterocycles. The molecular weight excluding hydrogens is 412 g/mol. The molecule has 9 heteroatoms. The number of thiophene rings is 1. The van der Waals surface area contributed by atoms with Gasteiger partial charge in [-0.3, -0.25) is 9.59 Å². The fourth-order valence-electron chi connectivity index (χ4n) is 2.89. The van der Waals surface area contributed by atoms with Crippen LogP contribution in [0.4, 0.5) is 10.7 Å². The van der Waals surface area contributed by atoms with Crippen molar-refractivity contribution in [1.29, 1.82) is 0 Å². The van der Waals surface area contributed by atoms with Gasteiger partial charge in [-0.1, -0.05) is 23.7 Å². The van der Waals surface area contributed by atoms with E-state index in [1.54, 1.807) is 55.5 Å². The number of rotatable bonds is 4. The highest BCUT2D eigenvalue weighted by Gasteiger charge is 2.17. The number of aromatic nitrogens is 2. The van der Waals surface area contributed by atoms with E-state index in [0.29, 0.717) is 37.2 Å². The van der Waals surface area contributed by atoms with Crippen LogP contribution in [0.15, 0.2) is 53.3 Å². The van der Waals surface area contributed by atoms with Crippen LogP contribution in [0.25, 0.3) is 11.0 Å². The summed E-state index contributed by atoms with van der Waals surface area (Å²) in [6.07, 6.45) is 0. The second kappa shape index (κ2) is 7.57. The van der Waals surface area contributed by atoms with Crippen LogP contribution >= 0.6 is 22.9 Å². The van der Waals surface area contributed by atoms with E-state index in [4.69, 9.17) is 11.6 Å². The fourth-order valence-corrected chi connectivity index (χ4v) is 4.08. The Labute approximate surface area is 173 Å².